The van der Waals surface area contributed by atoms with Crippen molar-refractivity contribution in [3.05, 3.63) is 5.21 Å². The number of hydrogen-bond acceptors (Lipinski definition) is 1. The summed E-state index contributed by atoms with van der Waals surface area (Å²) in [6.45, 7) is 4.67. The van der Waals surface area contributed by atoms with Crippen molar-refractivity contribution in [2.75, 3.05) is 6.54 Å². The van der Waals surface area contributed by atoms with E-state index >= 15 is 0 Å². The molecule has 0 aromatic heterocycles. The molecule has 1 heterocycles. The van der Waals surface area contributed by atoms with Crippen molar-refractivity contribution in [1.29, 1.82) is 0 Å². The van der Waals surface area contributed by atoms with Crippen LogP contribution in [0, 0.1) is 10.6 Å². The van der Waals surface area contributed by atoms with E-state index in [0.717, 1.165) is 4.74 Å². The fourth-order valence-corrected chi connectivity index (χ4v) is 1.30. The average molecular weight is 192 g/mol. The second-order valence-electron chi connectivity index (χ2n) is 3.02. The van der Waals surface area contributed by atoms with Gasteiger partial charge in [-0.15, -0.1) is 0 Å². The molecule has 9 heavy (non-hydrogen) atoms. The van der Waals surface area contributed by atoms with Gasteiger partial charge >= 0.3 is 0 Å². The molecule has 0 spiro atoms. The zero-order valence-corrected chi connectivity index (χ0v) is 7.18. The third kappa shape index (κ3) is 1.26. The minimum atomic E-state index is 0.0295. The molecule has 0 radical (unpaired) electrons. The molecule has 1 rings (SSSR count). The van der Waals surface area contributed by atoms with E-state index in [4.69, 9.17) is 0 Å². The molecule has 0 aromatic rings. The number of alkyl halides is 1. The standard InChI is InChI=1S/C6H10BrNO/c1-6(2)4-8(9)3-5(6)7/h4-5H,3H2,1-2H3. The van der Waals surface area contributed by atoms with Gasteiger partial charge in [-0.3, -0.25) is 0 Å². The monoisotopic (exact) mass is 191 g/mol. The minimum Gasteiger partial charge on any atom is -0.624 e. The van der Waals surface area contributed by atoms with E-state index < -0.39 is 0 Å². The first kappa shape index (κ1) is 7.06. The molecule has 1 aliphatic rings. The maximum atomic E-state index is 10.7. The number of hydroxylamine groups is 1. The van der Waals surface area contributed by atoms with Gasteiger partial charge in [-0.05, 0) is 13.8 Å². The average Bonchev–Trinajstić information content (AvgIpc) is 1.79. The Kier molecular flexibility index (Phi) is 1.55. The molecule has 0 bridgehead atoms. The summed E-state index contributed by atoms with van der Waals surface area (Å²) in [5.41, 5.74) is 0.0295. The Morgan fingerprint density at radius 1 is 1.78 bits per heavy atom. The minimum absolute atomic E-state index is 0.0295. The zero-order chi connectivity index (χ0) is 7.07. The normalized spacial score (nSPS) is 32.3. The van der Waals surface area contributed by atoms with Gasteiger partial charge in [-0.25, -0.2) is 4.74 Å². The maximum Gasteiger partial charge on any atom is 0.166 e. The van der Waals surface area contributed by atoms with Gasteiger partial charge in [0.05, 0.1) is 10.2 Å². The Hall–Kier alpha value is -0.0500. The molecule has 1 atom stereocenters. The highest BCUT2D eigenvalue weighted by Crippen LogP contribution is 2.28. The van der Waals surface area contributed by atoms with Crippen LogP contribution < -0.4 is 0 Å². The van der Waals surface area contributed by atoms with E-state index in [1.165, 1.54) is 0 Å². The summed E-state index contributed by atoms with van der Waals surface area (Å²) in [4.78, 5) is 0.308. The van der Waals surface area contributed by atoms with Gasteiger partial charge < -0.3 is 5.21 Å². The molecule has 1 unspecified atom stereocenters. The van der Waals surface area contributed by atoms with E-state index in [-0.39, 0.29) is 5.41 Å². The number of nitrogens with zero attached hydrogens (tertiary/aromatic N) is 1. The van der Waals surface area contributed by atoms with Crippen LogP contribution in [0.4, 0.5) is 0 Å². The Morgan fingerprint density at radius 3 is 2.44 bits per heavy atom. The number of hydrogen-bond donors (Lipinski definition) is 0. The van der Waals surface area contributed by atoms with Gasteiger partial charge in [0.25, 0.3) is 0 Å². The third-order valence-corrected chi connectivity index (χ3v) is 3.09. The molecule has 0 aromatic carbocycles. The van der Waals surface area contributed by atoms with Gasteiger partial charge in [0.15, 0.2) is 12.8 Å². The van der Waals surface area contributed by atoms with E-state index in [1.54, 1.807) is 6.21 Å². The highest BCUT2D eigenvalue weighted by Gasteiger charge is 2.36. The van der Waals surface area contributed by atoms with E-state index in [2.05, 4.69) is 15.9 Å². The maximum absolute atomic E-state index is 10.7. The van der Waals surface area contributed by atoms with Gasteiger partial charge in [-0.1, -0.05) is 15.9 Å². The van der Waals surface area contributed by atoms with Crippen LogP contribution in [0.1, 0.15) is 13.8 Å². The lowest BCUT2D eigenvalue weighted by Crippen LogP contribution is -2.21. The van der Waals surface area contributed by atoms with E-state index in [0.29, 0.717) is 11.4 Å². The molecule has 3 heteroatoms. The van der Waals surface area contributed by atoms with E-state index in [1.807, 2.05) is 13.8 Å². The van der Waals surface area contributed by atoms with Gasteiger partial charge in [0, 0.05) is 0 Å². The topological polar surface area (TPSA) is 26.1 Å². The molecular weight excluding hydrogens is 182 g/mol. The van der Waals surface area contributed by atoms with Crippen LogP contribution in [-0.4, -0.2) is 22.3 Å². The van der Waals surface area contributed by atoms with Crippen LogP contribution in [0.5, 0.6) is 0 Å². The molecule has 0 saturated carbocycles. The summed E-state index contributed by atoms with van der Waals surface area (Å²) in [6.07, 6.45) is 1.71. The quantitative estimate of drug-likeness (QED) is 0.323. The summed E-state index contributed by atoms with van der Waals surface area (Å²) < 4.78 is 0.986. The summed E-state index contributed by atoms with van der Waals surface area (Å²) in [6, 6.07) is 0. The lowest BCUT2D eigenvalue weighted by Gasteiger charge is -2.12. The SMILES string of the molecule is CC1(C)C=[N+]([O-])CC1Br. The lowest BCUT2D eigenvalue weighted by molar-refractivity contribution is -0.442. The fraction of sp³-hybridized carbons (Fsp3) is 0.833. The van der Waals surface area contributed by atoms with Gasteiger partial charge in [0.2, 0.25) is 0 Å². The van der Waals surface area contributed by atoms with Crippen LogP contribution in [0.3, 0.4) is 0 Å². The van der Waals surface area contributed by atoms with Crippen molar-refractivity contribution in [1.82, 2.24) is 0 Å². The van der Waals surface area contributed by atoms with Crippen molar-refractivity contribution in [3.8, 4) is 0 Å². The fourth-order valence-electron chi connectivity index (χ4n) is 0.898. The summed E-state index contributed by atoms with van der Waals surface area (Å²) in [7, 11) is 0. The molecule has 0 N–H and O–H groups in total. The zero-order valence-electron chi connectivity index (χ0n) is 5.60. The Balaban J connectivity index is 2.76. The predicted octanol–water partition coefficient (Wildman–Crippen LogP) is 1.37. The second kappa shape index (κ2) is 1.97. The molecule has 0 aliphatic carbocycles. The Morgan fingerprint density at radius 2 is 2.33 bits per heavy atom. The first-order valence-electron chi connectivity index (χ1n) is 2.96. The van der Waals surface area contributed by atoms with Crippen molar-refractivity contribution >= 4 is 22.1 Å². The van der Waals surface area contributed by atoms with Crippen molar-refractivity contribution in [2.24, 2.45) is 5.41 Å². The van der Waals surface area contributed by atoms with Crippen LogP contribution in [-0.2, 0) is 0 Å². The lowest BCUT2D eigenvalue weighted by atomic mass is 9.94. The molecule has 0 saturated heterocycles. The van der Waals surface area contributed by atoms with Crippen LogP contribution in [0.2, 0.25) is 0 Å². The first-order chi connectivity index (χ1) is 4.02. The molecule has 52 valence electrons. The molecule has 2 nitrogen and oxygen atoms in total. The van der Waals surface area contributed by atoms with Crippen molar-refractivity contribution in [3.63, 3.8) is 0 Å². The first-order valence-corrected chi connectivity index (χ1v) is 3.88. The largest absolute Gasteiger partial charge is 0.624 e. The number of halogens is 1. The molecule has 0 fully saturated rings. The smallest absolute Gasteiger partial charge is 0.166 e. The van der Waals surface area contributed by atoms with Crippen LogP contribution >= 0.6 is 15.9 Å². The van der Waals surface area contributed by atoms with E-state index in [9.17, 15) is 5.21 Å². The Labute approximate surface area is 63.3 Å². The third-order valence-electron chi connectivity index (χ3n) is 1.62. The molecule has 0 amide bonds. The summed E-state index contributed by atoms with van der Waals surface area (Å²) in [5, 5.41) is 10.7. The molecule has 1 aliphatic heterocycles. The van der Waals surface area contributed by atoms with Gasteiger partial charge in [0.1, 0.15) is 0 Å². The Bertz CT molecular complexity index is 153. The highest BCUT2D eigenvalue weighted by molar-refractivity contribution is 9.09. The summed E-state index contributed by atoms with van der Waals surface area (Å²) in [5.74, 6) is 0. The second-order valence-corrected chi connectivity index (χ2v) is 4.12. The number of rotatable bonds is 0. The van der Waals surface area contributed by atoms with Crippen LogP contribution in [0.25, 0.3) is 0 Å². The van der Waals surface area contributed by atoms with Crippen molar-refractivity contribution in [2.45, 2.75) is 18.7 Å². The van der Waals surface area contributed by atoms with Gasteiger partial charge in [-0.2, -0.15) is 0 Å². The predicted molar refractivity (Wildman–Crippen MR) is 41.1 cm³/mol. The molecular formula is C6H10BrNO. The highest BCUT2D eigenvalue weighted by atomic mass is 79.9. The van der Waals surface area contributed by atoms with Crippen molar-refractivity contribution < 1.29 is 4.74 Å². The summed E-state index contributed by atoms with van der Waals surface area (Å²) >= 11 is 3.43. The van der Waals surface area contributed by atoms with Crippen LogP contribution in [0.15, 0.2) is 0 Å².